The lowest BCUT2D eigenvalue weighted by Gasteiger charge is -2.44. The van der Waals surface area contributed by atoms with Gasteiger partial charge in [-0.25, -0.2) is 0 Å². The van der Waals surface area contributed by atoms with Gasteiger partial charge < -0.3 is 10.2 Å². The summed E-state index contributed by atoms with van der Waals surface area (Å²) in [7, 11) is 0. The summed E-state index contributed by atoms with van der Waals surface area (Å²) >= 11 is 0. The minimum absolute atomic E-state index is 0.835. The van der Waals surface area contributed by atoms with Crippen LogP contribution in [0.1, 0.15) is 65.2 Å². The fraction of sp³-hybridized carbons (Fsp3) is 1.00. The van der Waals surface area contributed by atoms with Crippen LogP contribution in [-0.4, -0.2) is 36.6 Å². The Bertz CT molecular complexity index is 296. The van der Waals surface area contributed by atoms with E-state index in [0.29, 0.717) is 0 Å². The topological polar surface area (TPSA) is 15.3 Å². The maximum absolute atomic E-state index is 3.75. The molecule has 0 bridgehead atoms. The molecule has 2 aliphatic heterocycles. The highest BCUT2D eigenvalue weighted by atomic mass is 15.2. The minimum atomic E-state index is 0.835. The van der Waals surface area contributed by atoms with Gasteiger partial charge in [0.2, 0.25) is 0 Å². The molecular weight excluding hydrogens is 244 g/mol. The highest BCUT2D eigenvalue weighted by molar-refractivity contribution is 4.90. The fourth-order valence-electron chi connectivity index (χ4n) is 4.95. The Morgan fingerprint density at radius 2 is 1.90 bits per heavy atom. The Labute approximate surface area is 125 Å². The molecule has 2 saturated heterocycles. The van der Waals surface area contributed by atoms with Crippen molar-refractivity contribution in [2.45, 2.75) is 77.3 Å². The van der Waals surface area contributed by atoms with Crippen molar-refractivity contribution in [3.8, 4) is 0 Å². The maximum Gasteiger partial charge on any atom is 0.0108 e. The van der Waals surface area contributed by atoms with E-state index in [1.807, 2.05) is 0 Å². The van der Waals surface area contributed by atoms with E-state index in [0.717, 1.165) is 29.8 Å². The third-order valence-corrected chi connectivity index (χ3v) is 6.30. The number of piperidine rings is 1. The molecule has 3 aliphatic rings. The Hall–Kier alpha value is -0.0800. The van der Waals surface area contributed by atoms with Gasteiger partial charge in [-0.2, -0.15) is 0 Å². The van der Waals surface area contributed by atoms with Crippen molar-refractivity contribution in [1.29, 1.82) is 0 Å². The number of hydrogen-bond donors (Lipinski definition) is 1. The van der Waals surface area contributed by atoms with Crippen molar-refractivity contribution in [2.24, 2.45) is 17.8 Å². The van der Waals surface area contributed by atoms with Crippen LogP contribution >= 0.6 is 0 Å². The smallest absolute Gasteiger partial charge is 0.0108 e. The lowest BCUT2D eigenvalue weighted by molar-refractivity contribution is 0.0643. The van der Waals surface area contributed by atoms with Gasteiger partial charge in [-0.05, 0) is 69.4 Å². The van der Waals surface area contributed by atoms with E-state index in [2.05, 4.69) is 24.1 Å². The average Bonchev–Trinajstić information content (AvgIpc) is 3.02. The molecule has 2 heteroatoms. The monoisotopic (exact) mass is 278 g/mol. The van der Waals surface area contributed by atoms with Crippen molar-refractivity contribution in [1.82, 2.24) is 10.2 Å². The molecule has 116 valence electrons. The van der Waals surface area contributed by atoms with Crippen LogP contribution in [0.3, 0.4) is 0 Å². The van der Waals surface area contributed by atoms with E-state index in [1.165, 1.54) is 71.0 Å². The van der Waals surface area contributed by atoms with Crippen LogP contribution in [0.5, 0.6) is 0 Å². The Morgan fingerprint density at radius 3 is 2.65 bits per heavy atom. The zero-order valence-corrected chi connectivity index (χ0v) is 13.6. The molecule has 0 amide bonds. The van der Waals surface area contributed by atoms with E-state index >= 15 is 0 Å². The molecular formula is C18H34N2. The third kappa shape index (κ3) is 3.39. The number of nitrogens with one attached hydrogen (secondary N) is 1. The van der Waals surface area contributed by atoms with Crippen LogP contribution in [0.15, 0.2) is 0 Å². The molecule has 0 radical (unpaired) electrons. The predicted molar refractivity (Wildman–Crippen MR) is 85.9 cm³/mol. The Morgan fingerprint density at radius 1 is 1.00 bits per heavy atom. The highest BCUT2D eigenvalue weighted by Crippen LogP contribution is 2.35. The normalized spacial score (nSPS) is 40.4. The first-order valence-corrected chi connectivity index (χ1v) is 9.21. The second-order valence-electron chi connectivity index (χ2n) is 7.92. The lowest BCUT2D eigenvalue weighted by Crippen LogP contribution is -2.49. The van der Waals surface area contributed by atoms with Crippen LogP contribution in [0.2, 0.25) is 0 Å². The Balaban J connectivity index is 1.55. The first-order valence-electron chi connectivity index (χ1n) is 9.21. The van der Waals surface area contributed by atoms with Crippen LogP contribution < -0.4 is 5.32 Å². The third-order valence-electron chi connectivity index (χ3n) is 6.30. The zero-order valence-electron chi connectivity index (χ0n) is 13.6. The van der Waals surface area contributed by atoms with E-state index < -0.39 is 0 Å². The van der Waals surface area contributed by atoms with Crippen molar-refractivity contribution in [2.75, 3.05) is 19.6 Å². The summed E-state index contributed by atoms with van der Waals surface area (Å²) in [6.45, 7) is 8.87. The molecule has 1 aliphatic carbocycles. The summed E-state index contributed by atoms with van der Waals surface area (Å²) < 4.78 is 0. The van der Waals surface area contributed by atoms with E-state index in [4.69, 9.17) is 0 Å². The van der Waals surface area contributed by atoms with E-state index in [1.54, 1.807) is 0 Å². The SMILES string of the molecule is CC(C)C1CCCC(N2CCCC(C3CCCN3)C2)C1. The molecule has 0 aromatic carbocycles. The van der Waals surface area contributed by atoms with Crippen LogP contribution in [0, 0.1) is 17.8 Å². The lowest BCUT2D eigenvalue weighted by atomic mass is 9.78. The molecule has 3 fully saturated rings. The van der Waals surface area contributed by atoms with Gasteiger partial charge in [0.05, 0.1) is 0 Å². The van der Waals surface area contributed by atoms with Crippen LogP contribution in [-0.2, 0) is 0 Å². The average molecular weight is 278 g/mol. The van der Waals surface area contributed by atoms with Gasteiger partial charge in [-0.1, -0.05) is 26.7 Å². The zero-order chi connectivity index (χ0) is 13.9. The quantitative estimate of drug-likeness (QED) is 0.847. The molecule has 0 aromatic heterocycles. The summed E-state index contributed by atoms with van der Waals surface area (Å²) in [5.41, 5.74) is 0. The molecule has 1 saturated carbocycles. The number of hydrogen-bond acceptors (Lipinski definition) is 2. The molecule has 1 N–H and O–H groups in total. The summed E-state index contributed by atoms with van der Waals surface area (Å²) in [5, 5.41) is 3.75. The highest BCUT2D eigenvalue weighted by Gasteiger charge is 2.34. The van der Waals surface area contributed by atoms with Gasteiger partial charge >= 0.3 is 0 Å². The molecule has 0 aromatic rings. The second-order valence-corrected chi connectivity index (χ2v) is 7.92. The summed E-state index contributed by atoms with van der Waals surface area (Å²) in [4.78, 5) is 2.88. The van der Waals surface area contributed by atoms with Crippen molar-refractivity contribution < 1.29 is 0 Å². The molecule has 2 heterocycles. The first-order chi connectivity index (χ1) is 9.74. The minimum Gasteiger partial charge on any atom is -0.314 e. The second kappa shape index (κ2) is 6.79. The van der Waals surface area contributed by atoms with Crippen LogP contribution in [0.25, 0.3) is 0 Å². The molecule has 2 nitrogen and oxygen atoms in total. The first kappa shape index (κ1) is 14.8. The number of rotatable bonds is 3. The molecule has 0 spiro atoms. The van der Waals surface area contributed by atoms with Gasteiger partial charge in [-0.15, -0.1) is 0 Å². The van der Waals surface area contributed by atoms with Gasteiger partial charge in [0.25, 0.3) is 0 Å². The molecule has 3 rings (SSSR count). The molecule has 20 heavy (non-hydrogen) atoms. The van der Waals surface area contributed by atoms with Crippen molar-refractivity contribution in [3.05, 3.63) is 0 Å². The summed E-state index contributed by atoms with van der Waals surface area (Å²) in [6, 6.07) is 1.74. The van der Waals surface area contributed by atoms with Gasteiger partial charge in [0.15, 0.2) is 0 Å². The standard InChI is InChI=1S/C18H34N2/c1-14(2)15-6-3-8-17(12-15)20-11-5-7-16(13-20)18-9-4-10-19-18/h14-19H,3-13H2,1-2H3. The predicted octanol–water partition coefficient (Wildman–Crippen LogP) is 3.67. The van der Waals surface area contributed by atoms with Gasteiger partial charge in [0.1, 0.15) is 0 Å². The van der Waals surface area contributed by atoms with Gasteiger partial charge in [-0.3, -0.25) is 0 Å². The van der Waals surface area contributed by atoms with Crippen molar-refractivity contribution >= 4 is 0 Å². The summed E-state index contributed by atoms with van der Waals surface area (Å²) in [5.74, 6) is 2.80. The largest absolute Gasteiger partial charge is 0.314 e. The van der Waals surface area contributed by atoms with E-state index in [9.17, 15) is 0 Å². The fourth-order valence-corrected chi connectivity index (χ4v) is 4.95. The Kier molecular flexibility index (Phi) is 5.04. The molecule has 4 unspecified atom stereocenters. The number of likely N-dealkylation sites (tertiary alicyclic amines) is 1. The number of nitrogens with zero attached hydrogens (tertiary/aromatic N) is 1. The maximum atomic E-state index is 3.75. The summed E-state index contributed by atoms with van der Waals surface area (Å²) in [6.07, 6.45) is 11.6. The van der Waals surface area contributed by atoms with Gasteiger partial charge in [0, 0.05) is 18.6 Å². The molecule has 4 atom stereocenters. The van der Waals surface area contributed by atoms with E-state index in [-0.39, 0.29) is 0 Å². The van der Waals surface area contributed by atoms with Crippen LogP contribution in [0.4, 0.5) is 0 Å². The van der Waals surface area contributed by atoms with Crippen molar-refractivity contribution in [3.63, 3.8) is 0 Å².